The SMILES string of the molecule is N#Cc1cccs1.NC(=O)c1cc(I)c(I)s1. The highest BCUT2D eigenvalue weighted by atomic mass is 127. The lowest BCUT2D eigenvalue weighted by molar-refractivity contribution is 0.100. The van der Waals surface area contributed by atoms with Crippen LogP contribution in [0.2, 0.25) is 0 Å². The van der Waals surface area contributed by atoms with Crippen molar-refractivity contribution < 1.29 is 4.79 Å². The molecule has 0 aromatic carbocycles. The van der Waals surface area contributed by atoms with Crippen LogP contribution in [0.25, 0.3) is 0 Å². The minimum atomic E-state index is -0.342. The highest BCUT2D eigenvalue weighted by molar-refractivity contribution is 14.1. The molecule has 0 radical (unpaired) electrons. The van der Waals surface area contributed by atoms with E-state index in [-0.39, 0.29) is 5.91 Å². The van der Waals surface area contributed by atoms with E-state index in [0.717, 1.165) is 11.3 Å². The monoisotopic (exact) mass is 488 g/mol. The minimum absolute atomic E-state index is 0.342. The van der Waals surface area contributed by atoms with Crippen molar-refractivity contribution in [2.24, 2.45) is 5.73 Å². The van der Waals surface area contributed by atoms with Crippen LogP contribution in [0.1, 0.15) is 14.5 Å². The van der Waals surface area contributed by atoms with Gasteiger partial charge in [0.1, 0.15) is 10.9 Å². The van der Waals surface area contributed by atoms with E-state index in [9.17, 15) is 4.79 Å². The summed E-state index contributed by atoms with van der Waals surface area (Å²) in [7, 11) is 0. The summed E-state index contributed by atoms with van der Waals surface area (Å²) in [5.74, 6) is -0.342. The van der Waals surface area contributed by atoms with Crippen LogP contribution >= 0.6 is 67.9 Å². The van der Waals surface area contributed by atoms with Crippen LogP contribution in [-0.2, 0) is 0 Å². The van der Waals surface area contributed by atoms with Crippen molar-refractivity contribution in [3.8, 4) is 6.07 Å². The summed E-state index contributed by atoms with van der Waals surface area (Å²) < 4.78 is 2.21. The van der Waals surface area contributed by atoms with Gasteiger partial charge in [0, 0.05) is 3.57 Å². The molecule has 1 amide bonds. The molecule has 0 bridgehead atoms. The van der Waals surface area contributed by atoms with Gasteiger partial charge in [-0.05, 0) is 62.7 Å². The molecule has 88 valence electrons. The third-order valence-electron chi connectivity index (χ3n) is 1.52. The molecule has 2 aromatic rings. The largest absolute Gasteiger partial charge is 0.365 e. The fraction of sp³-hybridized carbons (Fsp3) is 0. The summed E-state index contributed by atoms with van der Waals surface area (Å²) in [5, 5.41) is 10.1. The normalized spacial score (nSPS) is 9.00. The molecule has 2 aromatic heterocycles. The topological polar surface area (TPSA) is 66.9 Å². The van der Waals surface area contributed by atoms with Crippen LogP contribution in [0.15, 0.2) is 23.6 Å². The van der Waals surface area contributed by atoms with Crippen molar-refractivity contribution in [1.29, 1.82) is 5.26 Å². The molecular weight excluding hydrogens is 482 g/mol. The first kappa shape index (κ1) is 14.9. The number of nitrogens with two attached hydrogens (primary N) is 1. The van der Waals surface area contributed by atoms with E-state index in [1.54, 1.807) is 12.1 Å². The van der Waals surface area contributed by atoms with E-state index in [1.165, 1.54) is 22.7 Å². The third-order valence-corrected chi connectivity index (χ3v) is 6.72. The van der Waals surface area contributed by atoms with Crippen molar-refractivity contribution in [3.63, 3.8) is 0 Å². The number of primary amides is 1. The first-order valence-corrected chi connectivity index (χ1v) is 8.08. The van der Waals surface area contributed by atoms with Crippen molar-refractivity contribution in [2.75, 3.05) is 0 Å². The van der Waals surface area contributed by atoms with Gasteiger partial charge in [-0.25, -0.2) is 0 Å². The third kappa shape index (κ3) is 4.90. The molecule has 0 fully saturated rings. The minimum Gasteiger partial charge on any atom is -0.365 e. The smallest absolute Gasteiger partial charge is 0.258 e. The molecule has 0 aliphatic heterocycles. The van der Waals surface area contributed by atoms with Gasteiger partial charge in [0.25, 0.3) is 5.91 Å². The summed E-state index contributed by atoms with van der Waals surface area (Å²) >= 11 is 7.24. The number of carbonyl (C=O) groups excluding carboxylic acids is 1. The van der Waals surface area contributed by atoms with Crippen molar-refractivity contribution in [3.05, 3.63) is 39.8 Å². The fourth-order valence-corrected chi connectivity index (χ4v) is 3.67. The van der Waals surface area contributed by atoms with Gasteiger partial charge in [-0.1, -0.05) is 6.07 Å². The lowest BCUT2D eigenvalue weighted by atomic mass is 10.5. The van der Waals surface area contributed by atoms with Crippen molar-refractivity contribution in [1.82, 2.24) is 0 Å². The van der Waals surface area contributed by atoms with Gasteiger partial charge in [-0.15, -0.1) is 22.7 Å². The molecule has 0 saturated carbocycles. The van der Waals surface area contributed by atoms with Gasteiger partial charge >= 0.3 is 0 Å². The molecule has 2 N–H and O–H groups in total. The van der Waals surface area contributed by atoms with Crippen LogP contribution < -0.4 is 5.73 Å². The Hall–Kier alpha value is -0.180. The molecule has 0 spiro atoms. The van der Waals surface area contributed by atoms with Gasteiger partial charge in [0.15, 0.2) is 0 Å². The highest BCUT2D eigenvalue weighted by Gasteiger charge is 2.07. The zero-order chi connectivity index (χ0) is 12.8. The Morgan fingerprint density at radius 1 is 1.47 bits per heavy atom. The molecule has 0 atom stereocenters. The van der Waals surface area contributed by atoms with Gasteiger partial charge in [-0.2, -0.15) is 5.26 Å². The van der Waals surface area contributed by atoms with Gasteiger partial charge in [0.2, 0.25) is 0 Å². The maximum absolute atomic E-state index is 10.6. The molecule has 2 rings (SSSR count). The second-order valence-electron chi connectivity index (χ2n) is 2.69. The summed E-state index contributed by atoms with van der Waals surface area (Å²) in [6.45, 7) is 0. The average molecular weight is 488 g/mol. The standard InChI is InChI=1S/C5H3I2NOS.C5H3NS/c6-2-1-3(5(8)9)10-4(2)7;6-4-5-2-1-3-7-5/h1H,(H2,8,9);1-3H. The molecular formula is C10H6I2N2OS2. The molecule has 0 aliphatic carbocycles. The zero-order valence-electron chi connectivity index (χ0n) is 8.31. The maximum Gasteiger partial charge on any atom is 0.258 e. The van der Waals surface area contributed by atoms with Crippen LogP contribution in [0.3, 0.4) is 0 Å². The van der Waals surface area contributed by atoms with Gasteiger partial charge in [0.05, 0.1) is 7.76 Å². The molecule has 2 heterocycles. The van der Waals surface area contributed by atoms with E-state index in [4.69, 9.17) is 11.0 Å². The Labute approximate surface area is 134 Å². The molecule has 0 saturated heterocycles. The maximum atomic E-state index is 10.6. The number of rotatable bonds is 1. The van der Waals surface area contributed by atoms with Gasteiger partial charge in [-0.3, -0.25) is 4.79 Å². The first-order chi connectivity index (χ1) is 8.04. The second-order valence-corrected chi connectivity index (χ2v) is 7.66. The predicted molar refractivity (Wildman–Crippen MR) is 87.3 cm³/mol. The number of nitrogens with zero attached hydrogens (tertiary/aromatic N) is 1. The Kier molecular flexibility index (Phi) is 6.39. The Morgan fingerprint density at radius 2 is 2.18 bits per heavy atom. The van der Waals surface area contributed by atoms with Gasteiger partial charge < -0.3 is 5.73 Å². The summed E-state index contributed by atoms with van der Waals surface area (Å²) in [6, 6.07) is 7.49. The van der Waals surface area contributed by atoms with E-state index < -0.39 is 0 Å². The quantitative estimate of drug-likeness (QED) is 0.623. The number of hydrogen-bond donors (Lipinski definition) is 1. The van der Waals surface area contributed by atoms with Crippen LogP contribution in [0.4, 0.5) is 0 Å². The molecule has 0 unspecified atom stereocenters. The van der Waals surface area contributed by atoms with E-state index in [0.29, 0.717) is 4.88 Å². The fourth-order valence-electron chi connectivity index (χ4n) is 0.810. The Bertz CT molecular complexity index is 524. The molecule has 3 nitrogen and oxygen atoms in total. The van der Waals surface area contributed by atoms with E-state index >= 15 is 0 Å². The lowest BCUT2D eigenvalue weighted by Gasteiger charge is -1.80. The van der Waals surface area contributed by atoms with Crippen LogP contribution in [0.5, 0.6) is 0 Å². The molecule has 17 heavy (non-hydrogen) atoms. The number of hydrogen-bond acceptors (Lipinski definition) is 4. The number of thiophene rings is 2. The van der Waals surface area contributed by atoms with Crippen LogP contribution in [0, 0.1) is 17.8 Å². The Morgan fingerprint density at radius 3 is 2.41 bits per heavy atom. The number of nitriles is 1. The Balaban J connectivity index is 0.000000181. The zero-order valence-corrected chi connectivity index (χ0v) is 14.3. The van der Waals surface area contributed by atoms with Crippen molar-refractivity contribution >= 4 is 73.8 Å². The lowest BCUT2D eigenvalue weighted by Crippen LogP contribution is -2.08. The number of carbonyl (C=O) groups is 1. The summed E-state index contributed by atoms with van der Waals surface area (Å²) in [5.41, 5.74) is 5.06. The first-order valence-electron chi connectivity index (χ1n) is 4.23. The number of amides is 1. The predicted octanol–water partition coefficient (Wildman–Crippen LogP) is 3.68. The second kappa shape index (κ2) is 7.30. The van der Waals surface area contributed by atoms with Crippen LogP contribution in [-0.4, -0.2) is 5.91 Å². The highest BCUT2D eigenvalue weighted by Crippen LogP contribution is 2.24. The summed E-state index contributed by atoms with van der Waals surface area (Å²) in [6.07, 6.45) is 0. The molecule has 0 aliphatic rings. The molecule has 7 heteroatoms. The number of halogens is 2. The average Bonchev–Trinajstić information content (AvgIpc) is 2.90. The summed E-state index contributed by atoms with van der Waals surface area (Å²) in [4.78, 5) is 12.0. The van der Waals surface area contributed by atoms with Crippen molar-refractivity contribution in [2.45, 2.75) is 0 Å². The van der Waals surface area contributed by atoms with E-state index in [1.807, 2.05) is 17.5 Å². The van der Waals surface area contributed by atoms with E-state index in [2.05, 4.69) is 45.2 Å².